The van der Waals surface area contributed by atoms with Crippen molar-refractivity contribution in [2.45, 2.75) is 18.7 Å². The molecule has 14 heavy (non-hydrogen) atoms. The average Bonchev–Trinajstić information content (AvgIpc) is 2.63. The maximum absolute atomic E-state index is 4.49. The van der Waals surface area contributed by atoms with Crippen molar-refractivity contribution in [2.75, 3.05) is 0 Å². The fourth-order valence-electron chi connectivity index (χ4n) is 1.55. The van der Waals surface area contributed by atoms with Gasteiger partial charge >= 0.3 is 0 Å². The summed E-state index contributed by atoms with van der Waals surface area (Å²) in [5, 5.41) is 0. The van der Waals surface area contributed by atoms with Gasteiger partial charge in [-0.3, -0.25) is 0 Å². The highest BCUT2D eigenvalue weighted by Crippen LogP contribution is 2.27. The summed E-state index contributed by atoms with van der Waals surface area (Å²) in [6.45, 7) is 4.13. The molecule has 0 bridgehead atoms. The molecule has 2 aromatic rings. The van der Waals surface area contributed by atoms with Crippen molar-refractivity contribution in [3.05, 3.63) is 35.7 Å². The summed E-state index contributed by atoms with van der Waals surface area (Å²) < 4.78 is 0. The molecule has 0 spiro atoms. The third kappa shape index (κ3) is 1.55. The molecule has 1 aromatic carbocycles. The topological polar surface area (TPSA) is 28.7 Å². The molecule has 0 radical (unpaired) electrons. The van der Waals surface area contributed by atoms with E-state index in [0.29, 0.717) is 0 Å². The van der Waals surface area contributed by atoms with Crippen LogP contribution in [0.3, 0.4) is 0 Å². The van der Waals surface area contributed by atoms with Crippen LogP contribution in [0.15, 0.2) is 29.4 Å². The second-order valence-corrected chi connectivity index (χ2v) is 3.86. The summed E-state index contributed by atoms with van der Waals surface area (Å²) >= 11 is 4.49. The summed E-state index contributed by atoms with van der Waals surface area (Å²) in [6, 6.07) is 4.21. The van der Waals surface area contributed by atoms with E-state index in [0.717, 1.165) is 16.3 Å². The van der Waals surface area contributed by atoms with Crippen LogP contribution in [-0.4, -0.2) is 9.97 Å². The van der Waals surface area contributed by atoms with Crippen LogP contribution in [-0.2, 0) is 0 Å². The van der Waals surface area contributed by atoms with Gasteiger partial charge in [-0.2, -0.15) is 0 Å². The molecule has 0 fully saturated rings. The number of hydrogen-bond acceptors (Lipinski definition) is 2. The first-order valence-corrected chi connectivity index (χ1v) is 4.93. The lowest BCUT2D eigenvalue weighted by Crippen LogP contribution is -1.88. The van der Waals surface area contributed by atoms with Gasteiger partial charge in [0.05, 0.1) is 0 Å². The molecular weight excluding hydrogens is 192 g/mol. The summed E-state index contributed by atoms with van der Waals surface area (Å²) in [5.41, 5.74) is 3.47. The zero-order valence-electron chi connectivity index (χ0n) is 8.20. The molecule has 0 amide bonds. The Balaban J connectivity index is 2.64. The highest BCUT2D eigenvalue weighted by atomic mass is 32.1. The van der Waals surface area contributed by atoms with Crippen LogP contribution in [0.1, 0.15) is 11.1 Å². The third-order valence-corrected chi connectivity index (χ3v) is 2.79. The number of H-pyrrole nitrogens is 1. The van der Waals surface area contributed by atoms with Crippen LogP contribution in [0.5, 0.6) is 0 Å². The van der Waals surface area contributed by atoms with Crippen molar-refractivity contribution < 1.29 is 0 Å². The Labute approximate surface area is 88.8 Å². The quantitative estimate of drug-likeness (QED) is 0.687. The van der Waals surface area contributed by atoms with Crippen molar-refractivity contribution in [1.82, 2.24) is 9.97 Å². The van der Waals surface area contributed by atoms with Gasteiger partial charge in [-0.1, -0.05) is 11.6 Å². The monoisotopic (exact) mass is 204 g/mol. The number of nitrogens with one attached hydrogen (secondary N) is 1. The molecule has 0 saturated carbocycles. The van der Waals surface area contributed by atoms with E-state index in [4.69, 9.17) is 0 Å². The van der Waals surface area contributed by atoms with Crippen molar-refractivity contribution in [1.29, 1.82) is 0 Å². The molecule has 0 aliphatic heterocycles. The van der Waals surface area contributed by atoms with E-state index in [-0.39, 0.29) is 0 Å². The Kier molecular flexibility index (Phi) is 2.33. The molecule has 0 aliphatic carbocycles. The number of hydrogen-bond donors (Lipinski definition) is 2. The fourth-order valence-corrected chi connectivity index (χ4v) is 1.79. The van der Waals surface area contributed by atoms with Gasteiger partial charge in [0.1, 0.15) is 5.82 Å². The van der Waals surface area contributed by atoms with Crippen molar-refractivity contribution in [2.24, 2.45) is 0 Å². The second-order valence-electron chi connectivity index (χ2n) is 3.42. The lowest BCUT2D eigenvalue weighted by atomic mass is 10.1. The zero-order chi connectivity index (χ0) is 10.1. The van der Waals surface area contributed by atoms with Gasteiger partial charge in [0.25, 0.3) is 0 Å². The average molecular weight is 204 g/mol. The van der Waals surface area contributed by atoms with Gasteiger partial charge in [0, 0.05) is 22.9 Å². The normalized spacial score (nSPS) is 10.5. The molecule has 0 aliphatic rings. The van der Waals surface area contributed by atoms with Gasteiger partial charge in [-0.25, -0.2) is 4.98 Å². The first kappa shape index (κ1) is 9.34. The van der Waals surface area contributed by atoms with Gasteiger partial charge in [-0.15, -0.1) is 12.6 Å². The van der Waals surface area contributed by atoms with Crippen LogP contribution in [0.4, 0.5) is 0 Å². The van der Waals surface area contributed by atoms with Crippen molar-refractivity contribution in [3.63, 3.8) is 0 Å². The third-order valence-electron chi connectivity index (χ3n) is 2.20. The minimum absolute atomic E-state index is 0.877. The maximum Gasteiger partial charge on any atom is 0.138 e. The first-order valence-electron chi connectivity index (χ1n) is 4.48. The molecule has 1 heterocycles. The van der Waals surface area contributed by atoms with E-state index in [2.05, 4.69) is 48.6 Å². The number of benzene rings is 1. The molecule has 2 rings (SSSR count). The van der Waals surface area contributed by atoms with Crippen LogP contribution in [0.2, 0.25) is 0 Å². The Morgan fingerprint density at radius 2 is 2.07 bits per heavy atom. The van der Waals surface area contributed by atoms with Gasteiger partial charge in [-0.05, 0) is 25.5 Å². The number of imidazole rings is 1. The van der Waals surface area contributed by atoms with E-state index in [1.54, 1.807) is 6.20 Å². The number of thiol groups is 1. The van der Waals surface area contributed by atoms with Gasteiger partial charge in [0.15, 0.2) is 0 Å². The van der Waals surface area contributed by atoms with E-state index < -0.39 is 0 Å². The molecule has 1 aromatic heterocycles. The lowest BCUT2D eigenvalue weighted by molar-refractivity contribution is 1.21. The number of rotatable bonds is 1. The molecule has 3 heteroatoms. The van der Waals surface area contributed by atoms with Crippen LogP contribution in [0.25, 0.3) is 11.4 Å². The molecular formula is C11H12N2S. The predicted molar refractivity (Wildman–Crippen MR) is 60.7 cm³/mol. The standard InChI is InChI=1S/C11H12N2S/c1-7-5-8(2)10(14)9(6-7)11-12-3-4-13-11/h3-6,14H,1-2H3,(H,12,13). The highest BCUT2D eigenvalue weighted by molar-refractivity contribution is 7.80. The minimum Gasteiger partial charge on any atom is -0.345 e. The van der Waals surface area contributed by atoms with Crippen LogP contribution < -0.4 is 0 Å². The van der Waals surface area contributed by atoms with E-state index in [9.17, 15) is 0 Å². The van der Waals surface area contributed by atoms with Crippen molar-refractivity contribution in [3.8, 4) is 11.4 Å². The largest absolute Gasteiger partial charge is 0.345 e. The van der Waals surface area contributed by atoms with E-state index in [1.165, 1.54) is 11.1 Å². The summed E-state index contributed by atoms with van der Waals surface area (Å²) in [6.07, 6.45) is 3.57. The number of aryl methyl sites for hydroxylation is 2. The number of nitrogens with zero attached hydrogens (tertiary/aromatic N) is 1. The fraction of sp³-hybridized carbons (Fsp3) is 0.182. The molecule has 0 atom stereocenters. The summed E-state index contributed by atoms with van der Waals surface area (Å²) in [5.74, 6) is 0.877. The van der Waals surface area contributed by atoms with E-state index in [1.807, 2.05) is 6.20 Å². The SMILES string of the molecule is Cc1cc(C)c(S)c(-c2ncc[nH]2)c1. The summed E-state index contributed by atoms with van der Waals surface area (Å²) in [4.78, 5) is 8.31. The first-order chi connectivity index (χ1) is 6.68. The predicted octanol–water partition coefficient (Wildman–Crippen LogP) is 2.98. The zero-order valence-corrected chi connectivity index (χ0v) is 9.10. The maximum atomic E-state index is 4.49. The Hall–Kier alpha value is -1.22. The Morgan fingerprint density at radius 1 is 1.29 bits per heavy atom. The Bertz CT molecular complexity index is 447. The summed E-state index contributed by atoms with van der Waals surface area (Å²) in [7, 11) is 0. The molecule has 72 valence electrons. The van der Waals surface area contributed by atoms with Gasteiger partial charge in [0.2, 0.25) is 0 Å². The lowest BCUT2D eigenvalue weighted by Gasteiger charge is -2.07. The minimum atomic E-state index is 0.877. The van der Waals surface area contributed by atoms with Gasteiger partial charge < -0.3 is 4.98 Å². The molecule has 0 unspecified atom stereocenters. The van der Waals surface area contributed by atoms with Crippen molar-refractivity contribution >= 4 is 12.6 Å². The smallest absolute Gasteiger partial charge is 0.138 e. The number of aromatic nitrogens is 2. The number of aromatic amines is 1. The molecule has 2 nitrogen and oxygen atoms in total. The molecule has 0 saturated heterocycles. The second kappa shape index (κ2) is 3.50. The van der Waals surface area contributed by atoms with Crippen LogP contribution >= 0.6 is 12.6 Å². The van der Waals surface area contributed by atoms with Crippen LogP contribution in [0, 0.1) is 13.8 Å². The highest BCUT2D eigenvalue weighted by Gasteiger charge is 2.07. The Morgan fingerprint density at radius 3 is 2.71 bits per heavy atom. The molecule has 1 N–H and O–H groups in total. The van der Waals surface area contributed by atoms with E-state index >= 15 is 0 Å².